The Hall–Kier alpha value is -3.54. The molecule has 0 amide bonds. The minimum atomic E-state index is -0.477. The number of piperidine rings is 1. The van der Waals surface area contributed by atoms with Crippen molar-refractivity contribution in [3.8, 4) is 5.88 Å². The maximum atomic E-state index is 14.1. The quantitative estimate of drug-likeness (QED) is 0.169. The van der Waals surface area contributed by atoms with Crippen molar-refractivity contribution < 1.29 is 23.4 Å². The van der Waals surface area contributed by atoms with Crippen molar-refractivity contribution in [2.45, 2.75) is 51.9 Å². The first-order valence-corrected chi connectivity index (χ1v) is 14.2. The molecule has 0 aliphatic carbocycles. The number of aromatic nitrogens is 5. The highest BCUT2D eigenvalue weighted by Crippen LogP contribution is 2.26. The Morgan fingerprint density at radius 1 is 1.12 bits per heavy atom. The van der Waals surface area contributed by atoms with Crippen LogP contribution < -0.4 is 4.74 Å². The molecule has 218 valence electrons. The molecule has 4 aromatic rings. The van der Waals surface area contributed by atoms with Crippen LogP contribution in [0.25, 0.3) is 11.2 Å². The van der Waals surface area contributed by atoms with Crippen LogP contribution in [-0.2, 0) is 29.2 Å². The zero-order chi connectivity index (χ0) is 28.8. The average molecular weight is 585 g/mol. The summed E-state index contributed by atoms with van der Waals surface area (Å²) in [5.74, 6) is 0.470. The molecule has 0 saturated carbocycles. The zero-order valence-electron chi connectivity index (χ0n) is 23.3. The van der Waals surface area contributed by atoms with Gasteiger partial charge in [-0.15, -0.1) is 5.10 Å². The molecule has 0 unspecified atom stereocenters. The van der Waals surface area contributed by atoms with E-state index in [2.05, 4.69) is 21.9 Å². The minimum absolute atomic E-state index is 0.0823. The van der Waals surface area contributed by atoms with Gasteiger partial charge in [-0.25, -0.2) is 19.2 Å². The van der Waals surface area contributed by atoms with Crippen molar-refractivity contribution >= 4 is 28.7 Å². The number of halogens is 2. The summed E-state index contributed by atoms with van der Waals surface area (Å²) in [4.78, 5) is 23.9. The number of methoxy groups -OCH3 is 1. The fourth-order valence-corrected chi connectivity index (χ4v) is 5.12. The largest absolute Gasteiger partial charge is 0.472 e. The summed E-state index contributed by atoms with van der Waals surface area (Å²) in [5, 5.41) is 4.93. The molecule has 0 spiro atoms. The van der Waals surface area contributed by atoms with Crippen LogP contribution in [0.15, 0.2) is 42.6 Å². The predicted molar refractivity (Wildman–Crippen MR) is 151 cm³/mol. The number of hydrogen-bond donors (Lipinski definition) is 0. The number of benzene rings is 1. The normalized spacial score (nSPS) is 14.5. The number of carbonyl (C=O) groups is 1. The van der Waals surface area contributed by atoms with E-state index in [0.29, 0.717) is 48.4 Å². The summed E-state index contributed by atoms with van der Waals surface area (Å²) in [6.07, 6.45) is 4.69. The second kappa shape index (κ2) is 13.4. The summed E-state index contributed by atoms with van der Waals surface area (Å²) in [6, 6.07) is 10.0. The van der Waals surface area contributed by atoms with E-state index in [0.717, 1.165) is 43.7 Å². The summed E-state index contributed by atoms with van der Waals surface area (Å²) >= 11 is 5.83. The zero-order valence-corrected chi connectivity index (χ0v) is 24.0. The van der Waals surface area contributed by atoms with E-state index >= 15 is 0 Å². The molecule has 0 N–H and O–H groups in total. The van der Waals surface area contributed by atoms with Gasteiger partial charge in [0.25, 0.3) is 0 Å². The van der Waals surface area contributed by atoms with Gasteiger partial charge in [-0.05, 0) is 43.5 Å². The van der Waals surface area contributed by atoms with E-state index in [1.807, 2.05) is 21.5 Å². The summed E-state index contributed by atoms with van der Waals surface area (Å²) in [6.45, 7) is 6.37. The summed E-state index contributed by atoms with van der Waals surface area (Å²) in [5.41, 5.74) is 2.07. The van der Waals surface area contributed by atoms with Crippen LogP contribution >= 0.6 is 11.6 Å². The molecule has 3 aromatic heterocycles. The van der Waals surface area contributed by atoms with Gasteiger partial charge in [-0.1, -0.05) is 24.6 Å². The summed E-state index contributed by atoms with van der Waals surface area (Å²) in [7, 11) is 1.35. The average Bonchev–Trinajstić information content (AvgIpc) is 3.59. The van der Waals surface area contributed by atoms with Crippen molar-refractivity contribution in [1.82, 2.24) is 29.2 Å². The van der Waals surface area contributed by atoms with Gasteiger partial charge >= 0.3 is 5.97 Å². The second-order valence-corrected chi connectivity index (χ2v) is 10.4. The molecule has 1 aliphatic heterocycles. The number of ether oxygens (including phenoxy) is 3. The molecule has 0 radical (unpaired) electrons. The van der Waals surface area contributed by atoms with Crippen LogP contribution in [-0.4, -0.2) is 68.6 Å². The number of rotatable bonds is 12. The molecule has 12 heteroatoms. The highest BCUT2D eigenvalue weighted by molar-refractivity contribution is 6.30. The molecule has 1 aliphatic rings. The number of imidazole rings is 1. The molecular weight excluding hydrogens is 551 g/mol. The number of likely N-dealkylation sites (tertiary alicyclic amines) is 1. The number of carbonyl (C=O) groups excluding carboxylic acids is 1. The van der Waals surface area contributed by atoms with Crippen molar-refractivity contribution in [2.24, 2.45) is 0 Å². The van der Waals surface area contributed by atoms with Gasteiger partial charge in [-0.3, -0.25) is 9.58 Å². The maximum Gasteiger partial charge on any atom is 0.356 e. The molecule has 1 saturated heterocycles. The van der Waals surface area contributed by atoms with Gasteiger partial charge in [-0.2, -0.15) is 0 Å². The fourth-order valence-electron chi connectivity index (χ4n) is 4.96. The molecule has 0 bridgehead atoms. The molecular formula is C29H34ClFN6O4. The topological polar surface area (TPSA) is 96.5 Å². The smallest absolute Gasteiger partial charge is 0.356 e. The molecule has 0 atom stereocenters. The Morgan fingerprint density at radius 2 is 1.95 bits per heavy atom. The Balaban J connectivity index is 1.21. The first-order valence-electron chi connectivity index (χ1n) is 13.8. The summed E-state index contributed by atoms with van der Waals surface area (Å²) < 4.78 is 34.4. The fraction of sp³-hybridized carbons (Fsp3) is 0.448. The SMILES string of the molecule is CCCOCCn1c(CN2CCC(n3ccc(OCc4ccc(Cl)cc4F)n3)CC2)nc2ccc(C(=O)OC)nc21. The minimum Gasteiger partial charge on any atom is -0.472 e. The molecule has 10 nitrogen and oxygen atoms in total. The molecule has 1 fully saturated rings. The Morgan fingerprint density at radius 3 is 2.71 bits per heavy atom. The number of pyridine rings is 1. The van der Waals surface area contributed by atoms with Gasteiger partial charge < -0.3 is 18.8 Å². The van der Waals surface area contributed by atoms with Crippen LogP contribution in [0.2, 0.25) is 5.02 Å². The van der Waals surface area contributed by atoms with Crippen LogP contribution in [0.5, 0.6) is 5.88 Å². The van der Waals surface area contributed by atoms with E-state index in [-0.39, 0.29) is 18.3 Å². The number of fused-ring (bicyclic) bond motifs is 1. The van der Waals surface area contributed by atoms with Crippen molar-refractivity contribution in [2.75, 3.05) is 33.4 Å². The van der Waals surface area contributed by atoms with E-state index < -0.39 is 11.8 Å². The third-order valence-corrected chi connectivity index (χ3v) is 7.38. The maximum absolute atomic E-state index is 14.1. The van der Waals surface area contributed by atoms with Crippen molar-refractivity contribution in [1.29, 1.82) is 0 Å². The Bertz CT molecular complexity index is 1480. The lowest BCUT2D eigenvalue weighted by atomic mass is 10.1. The van der Waals surface area contributed by atoms with Crippen LogP contribution in [0.4, 0.5) is 4.39 Å². The van der Waals surface area contributed by atoms with Crippen LogP contribution in [0.3, 0.4) is 0 Å². The highest BCUT2D eigenvalue weighted by Gasteiger charge is 2.24. The van der Waals surface area contributed by atoms with Gasteiger partial charge in [0.05, 0.1) is 26.3 Å². The van der Waals surface area contributed by atoms with Crippen molar-refractivity contribution in [3.63, 3.8) is 0 Å². The standard InChI is InChI=1S/C29H34ClFN6O4/c1-3-15-40-16-14-36-26(32-24-6-7-25(29(38)39-2)33-28(24)36)18-35-11-8-22(9-12-35)37-13-10-27(34-37)41-19-20-4-5-21(30)17-23(20)31/h4-7,10,13,17,22H,3,8-9,11-12,14-16,18-19H2,1-2H3. The van der Waals surface area contributed by atoms with E-state index in [9.17, 15) is 9.18 Å². The van der Waals surface area contributed by atoms with Crippen LogP contribution in [0, 0.1) is 5.82 Å². The first kappa shape index (κ1) is 29.0. The Kier molecular flexibility index (Phi) is 9.48. The third-order valence-electron chi connectivity index (χ3n) is 7.14. The third kappa shape index (κ3) is 7.03. The monoisotopic (exact) mass is 584 g/mol. The van der Waals surface area contributed by atoms with Gasteiger partial charge in [0.15, 0.2) is 11.3 Å². The lowest BCUT2D eigenvalue weighted by molar-refractivity contribution is 0.0594. The number of hydrogen-bond acceptors (Lipinski definition) is 8. The number of nitrogens with zero attached hydrogens (tertiary/aromatic N) is 6. The predicted octanol–water partition coefficient (Wildman–Crippen LogP) is 5.05. The number of esters is 1. The van der Waals surface area contributed by atoms with Crippen molar-refractivity contribution in [3.05, 3.63) is 70.5 Å². The first-order chi connectivity index (χ1) is 19.9. The van der Waals surface area contributed by atoms with Gasteiger partial charge in [0, 0.05) is 49.1 Å². The van der Waals surface area contributed by atoms with Gasteiger partial charge in [0.1, 0.15) is 23.8 Å². The van der Waals surface area contributed by atoms with E-state index in [1.165, 1.54) is 13.2 Å². The van der Waals surface area contributed by atoms with E-state index in [1.54, 1.807) is 24.3 Å². The highest BCUT2D eigenvalue weighted by atomic mass is 35.5. The van der Waals surface area contributed by atoms with Crippen LogP contribution in [0.1, 0.15) is 54.1 Å². The van der Waals surface area contributed by atoms with Gasteiger partial charge in [0.2, 0.25) is 5.88 Å². The molecule has 1 aromatic carbocycles. The lowest BCUT2D eigenvalue weighted by Gasteiger charge is -2.31. The molecule has 4 heterocycles. The lowest BCUT2D eigenvalue weighted by Crippen LogP contribution is -2.35. The Labute approximate surface area is 243 Å². The molecule has 41 heavy (non-hydrogen) atoms. The molecule has 5 rings (SSSR count). The second-order valence-electron chi connectivity index (χ2n) is 9.99. The van der Waals surface area contributed by atoms with E-state index in [4.69, 9.17) is 30.8 Å².